The Labute approximate surface area is 104 Å². The summed E-state index contributed by atoms with van der Waals surface area (Å²) in [7, 11) is 0. The molecule has 1 fully saturated rings. The van der Waals surface area contributed by atoms with Gasteiger partial charge in [-0.05, 0) is 12.8 Å². The minimum absolute atomic E-state index is 0.0475. The lowest BCUT2D eigenvalue weighted by Crippen LogP contribution is -2.26. The van der Waals surface area contributed by atoms with E-state index in [1.165, 1.54) is 0 Å². The molecular weight excluding hydrogens is 232 g/mol. The molecule has 1 saturated carbocycles. The molecule has 3 rings (SSSR count). The van der Waals surface area contributed by atoms with Gasteiger partial charge in [-0.25, -0.2) is 0 Å². The van der Waals surface area contributed by atoms with Gasteiger partial charge in [-0.1, -0.05) is 12.8 Å². The molecule has 0 spiro atoms. The van der Waals surface area contributed by atoms with Crippen LogP contribution in [-0.2, 0) is 4.79 Å². The SMILES string of the molecule is O=C(O)C1CCCCC1c1nnc2cnccn12. The van der Waals surface area contributed by atoms with Gasteiger partial charge >= 0.3 is 5.97 Å². The summed E-state index contributed by atoms with van der Waals surface area (Å²) in [6.07, 6.45) is 8.70. The molecule has 2 unspecified atom stereocenters. The lowest BCUT2D eigenvalue weighted by Gasteiger charge is -2.26. The van der Waals surface area contributed by atoms with E-state index in [1.807, 2.05) is 4.40 Å². The highest BCUT2D eigenvalue weighted by Crippen LogP contribution is 2.37. The van der Waals surface area contributed by atoms with Gasteiger partial charge in [0.25, 0.3) is 0 Å². The van der Waals surface area contributed by atoms with Crippen LogP contribution in [0.4, 0.5) is 0 Å². The Morgan fingerprint density at radius 1 is 1.33 bits per heavy atom. The molecule has 6 nitrogen and oxygen atoms in total. The zero-order valence-corrected chi connectivity index (χ0v) is 9.86. The summed E-state index contributed by atoms with van der Waals surface area (Å²) in [5.74, 6) is -0.377. The number of nitrogens with zero attached hydrogens (tertiary/aromatic N) is 4. The van der Waals surface area contributed by atoms with Crippen LogP contribution in [0.2, 0.25) is 0 Å². The maximum atomic E-state index is 11.3. The standard InChI is InChI=1S/C12H14N4O2/c17-12(18)9-4-2-1-3-8(9)11-15-14-10-7-13-5-6-16(10)11/h5-9H,1-4H2,(H,17,18). The number of carboxylic acids is 1. The molecule has 0 aromatic carbocycles. The molecule has 2 heterocycles. The molecule has 0 radical (unpaired) electrons. The summed E-state index contributed by atoms with van der Waals surface area (Å²) in [5.41, 5.74) is 0.669. The summed E-state index contributed by atoms with van der Waals surface area (Å²) < 4.78 is 1.85. The Bertz CT molecular complexity index is 580. The molecule has 1 aliphatic rings. The number of rotatable bonds is 2. The Hall–Kier alpha value is -1.98. The van der Waals surface area contributed by atoms with E-state index in [4.69, 9.17) is 0 Å². The van der Waals surface area contributed by atoms with Crippen molar-refractivity contribution >= 4 is 11.6 Å². The second-order valence-electron chi connectivity index (χ2n) is 4.70. The van der Waals surface area contributed by atoms with Crippen molar-refractivity contribution in [3.8, 4) is 0 Å². The zero-order chi connectivity index (χ0) is 12.5. The largest absolute Gasteiger partial charge is 0.481 e. The normalized spacial score (nSPS) is 24.2. The van der Waals surface area contributed by atoms with Crippen LogP contribution in [0, 0.1) is 5.92 Å². The van der Waals surface area contributed by atoms with Gasteiger partial charge in [0.1, 0.15) is 5.82 Å². The van der Waals surface area contributed by atoms with E-state index in [-0.39, 0.29) is 11.8 Å². The summed E-state index contributed by atoms with van der Waals surface area (Å²) in [4.78, 5) is 15.3. The Kier molecular flexibility index (Phi) is 2.70. The molecular formula is C12H14N4O2. The number of carboxylic acid groups (broad SMARTS) is 1. The predicted octanol–water partition coefficient (Wildman–Crippen LogP) is 1.48. The van der Waals surface area contributed by atoms with E-state index in [0.29, 0.717) is 5.65 Å². The Morgan fingerprint density at radius 3 is 3.00 bits per heavy atom. The van der Waals surface area contributed by atoms with Gasteiger partial charge in [0.15, 0.2) is 5.65 Å². The van der Waals surface area contributed by atoms with Gasteiger partial charge in [0.05, 0.1) is 12.1 Å². The van der Waals surface area contributed by atoms with Crippen molar-refractivity contribution in [2.45, 2.75) is 31.6 Å². The first kappa shape index (κ1) is 11.1. The Morgan fingerprint density at radius 2 is 2.17 bits per heavy atom. The first-order valence-electron chi connectivity index (χ1n) is 6.15. The third-order valence-electron chi connectivity index (χ3n) is 3.66. The number of aromatic nitrogens is 4. The van der Waals surface area contributed by atoms with Crippen LogP contribution >= 0.6 is 0 Å². The summed E-state index contributed by atoms with van der Waals surface area (Å²) in [6, 6.07) is 0. The second kappa shape index (κ2) is 4.36. The molecule has 0 amide bonds. The number of aliphatic carboxylic acids is 1. The van der Waals surface area contributed by atoms with Gasteiger partial charge in [0.2, 0.25) is 0 Å². The van der Waals surface area contributed by atoms with Crippen LogP contribution in [0.3, 0.4) is 0 Å². The molecule has 0 saturated heterocycles. The van der Waals surface area contributed by atoms with Crippen LogP contribution < -0.4 is 0 Å². The van der Waals surface area contributed by atoms with Crippen molar-refractivity contribution < 1.29 is 9.90 Å². The number of hydrogen-bond donors (Lipinski definition) is 1. The lowest BCUT2D eigenvalue weighted by molar-refractivity contribution is -0.143. The van der Waals surface area contributed by atoms with Crippen molar-refractivity contribution in [2.75, 3.05) is 0 Å². The quantitative estimate of drug-likeness (QED) is 0.868. The predicted molar refractivity (Wildman–Crippen MR) is 63.1 cm³/mol. The van der Waals surface area contributed by atoms with E-state index >= 15 is 0 Å². The molecule has 2 aromatic heterocycles. The fraction of sp³-hybridized carbons (Fsp3) is 0.500. The van der Waals surface area contributed by atoms with Crippen molar-refractivity contribution in [1.29, 1.82) is 0 Å². The minimum Gasteiger partial charge on any atom is -0.481 e. The first-order chi connectivity index (χ1) is 8.77. The van der Waals surface area contributed by atoms with Gasteiger partial charge in [-0.15, -0.1) is 10.2 Å². The van der Waals surface area contributed by atoms with E-state index < -0.39 is 5.97 Å². The molecule has 2 atom stereocenters. The van der Waals surface area contributed by atoms with E-state index in [9.17, 15) is 9.90 Å². The highest BCUT2D eigenvalue weighted by Gasteiger charge is 2.34. The highest BCUT2D eigenvalue weighted by atomic mass is 16.4. The van der Waals surface area contributed by atoms with Gasteiger partial charge in [0, 0.05) is 18.3 Å². The first-order valence-corrected chi connectivity index (χ1v) is 6.15. The van der Waals surface area contributed by atoms with Crippen LogP contribution in [0.25, 0.3) is 5.65 Å². The van der Waals surface area contributed by atoms with Gasteiger partial charge in [-0.3, -0.25) is 14.2 Å². The van der Waals surface area contributed by atoms with E-state index in [1.54, 1.807) is 18.6 Å². The van der Waals surface area contributed by atoms with Crippen molar-refractivity contribution in [3.63, 3.8) is 0 Å². The molecule has 1 aliphatic carbocycles. The fourth-order valence-electron chi connectivity index (χ4n) is 2.76. The van der Waals surface area contributed by atoms with Crippen LogP contribution in [0.15, 0.2) is 18.6 Å². The third kappa shape index (κ3) is 1.73. The minimum atomic E-state index is -0.731. The van der Waals surface area contributed by atoms with Crippen LogP contribution in [-0.4, -0.2) is 30.7 Å². The molecule has 18 heavy (non-hydrogen) atoms. The van der Waals surface area contributed by atoms with Gasteiger partial charge < -0.3 is 5.11 Å². The average Bonchev–Trinajstić information content (AvgIpc) is 2.82. The number of carbonyl (C=O) groups is 1. The smallest absolute Gasteiger partial charge is 0.307 e. The van der Waals surface area contributed by atoms with E-state index in [2.05, 4.69) is 15.2 Å². The van der Waals surface area contributed by atoms with Crippen molar-refractivity contribution in [2.24, 2.45) is 5.92 Å². The van der Waals surface area contributed by atoms with Crippen LogP contribution in [0.5, 0.6) is 0 Å². The highest BCUT2D eigenvalue weighted by molar-refractivity contribution is 5.71. The monoisotopic (exact) mass is 246 g/mol. The second-order valence-corrected chi connectivity index (χ2v) is 4.70. The summed E-state index contributed by atoms with van der Waals surface area (Å²) >= 11 is 0. The maximum absolute atomic E-state index is 11.3. The fourth-order valence-corrected chi connectivity index (χ4v) is 2.76. The van der Waals surface area contributed by atoms with E-state index in [0.717, 1.165) is 31.5 Å². The molecule has 94 valence electrons. The summed E-state index contributed by atoms with van der Waals surface area (Å²) in [6.45, 7) is 0. The molecule has 0 bridgehead atoms. The molecule has 0 aliphatic heterocycles. The topological polar surface area (TPSA) is 80.4 Å². The third-order valence-corrected chi connectivity index (χ3v) is 3.66. The molecule has 2 aromatic rings. The maximum Gasteiger partial charge on any atom is 0.307 e. The zero-order valence-electron chi connectivity index (χ0n) is 9.86. The van der Waals surface area contributed by atoms with Gasteiger partial charge in [-0.2, -0.15) is 0 Å². The van der Waals surface area contributed by atoms with Crippen molar-refractivity contribution in [3.05, 3.63) is 24.4 Å². The number of fused-ring (bicyclic) bond motifs is 1. The average molecular weight is 246 g/mol. The summed E-state index contributed by atoms with van der Waals surface area (Å²) in [5, 5.41) is 17.5. The van der Waals surface area contributed by atoms with Crippen molar-refractivity contribution in [1.82, 2.24) is 19.6 Å². The molecule has 1 N–H and O–H groups in total. The molecule has 6 heteroatoms. The Balaban J connectivity index is 2.04. The lowest BCUT2D eigenvalue weighted by atomic mass is 9.79. The van der Waals surface area contributed by atoms with Crippen LogP contribution in [0.1, 0.15) is 37.4 Å². The number of hydrogen-bond acceptors (Lipinski definition) is 4.